The van der Waals surface area contributed by atoms with Crippen molar-refractivity contribution in [3.05, 3.63) is 87.6 Å². The van der Waals surface area contributed by atoms with Crippen LogP contribution in [0.25, 0.3) is 0 Å². The van der Waals surface area contributed by atoms with Crippen LogP contribution in [0.1, 0.15) is 61.2 Å². The molecule has 2 N–H and O–H groups in total. The second kappa shape index (κ2) is 10.4. The molecule has 1 aromatic heterocycles. The number of ether oxygens (including phenoxy) is 2. The number of carbonyl (C=O) groups excluding carboxylic acids is 1. The number of aromatic nitrogens is 2. The summed E-state index contributed by atoms with van der Waals surface area (Å²) in [6.07, 6.45) is -4.80. The van der Waals surface area contributed by atoms with E-state index in [0.717, 1.165) is 11.6 Å². The monoisotopic (exact) mass is 503 g/mol. The van der Waals surface area contributed by atoms with Gasteiger partial charge in [0.15, 0.2) is 0 Å². The maximum absolute atomic E-state index is 13.1. The van der Waals surface area contributed by atoms with E-state index in [1.54, 1.807) is 19.2 Å². The molecule has 1 amide bonds. The predicted octanol–water partition coefficient (Wildman–Crippen LogP) is 5.13. The van der Waals surface area contributed by atoms with Crippen LogP contribution < -0.4 is 20.3 Å². The number of hydrogen-bond donors (Lipinski definition) is 2. The van der Waals surface area contributed by atoms with Crippen LogP contribution in [-0.2, 0) is 5.41 Å². The third-order valence-corrected chi connectivity index (χ3v) is 5.80. The molecule has 0 fully saturated rings. The Hall–Kier alpha value is -3.82. The van der Waals surface area contributed by atoms with E-state index < -0.39 is 29.3 Å². The molecule has 0 saturated carbocycles. The number of alkyl halides is 3. The fourth-order valence-electron chi connectivity index (χ4n) is 3.74. The molecule has 3 aromatic rings. The van der Waals surface area contributed by atoms with Crippen LogP contribution in [0, 0.1) is 5.92 Å². The zero-order valence-corrected chi connectivity index (χ0v) is 20.6. The highest BCUT2D eigenvalue weighted by molar-refractivity contribution is 5.92. The van der Waals surface area contributed by atoms with Gasteiger partial charge >= 0.3 is 6.36 Å². The minimum atomic E-state index is -4.80. The standard InChI is InChI=1S/C26H28F3N3O4/c1-15(2)22(16-6-10-19(11-7-16)36-26(27,28)29)32-23(34)20-14-21(33)31-24(30-20)25(3,4)17-8-12-18(35-5)13-9-17/h6-15,22H,1-5H3,(H,32,34)(H,30,31,33)/t22-/m1/s1. The number of hydrogen-bond acceptors (Lipinski definition) is 5. The first kappa shape index (κ1) is 26.8. The Balaban J connectivity index is 1.86. The summed E-state index contributed by atoms with van der Waals surface area (Å²) in [6, 6.07) is 13.1. The minimum absolute atomic E-state index is 0.0713. The fraction of sp³-hybridized carbons (Fsp3) is 0.346. The molecule has 0 saturated heterocycles. The number of benzene rings is 2. The van der Waals surface area contributed by atoms with Crippen molar-refractivity contribution in [3.8, 4) is 11.5 Å². The summed E-state index contributed by atoms with van der Waals surface area (Å²) in [5.41, 5.74) is 0.147. The van der Waals surface area contributed by atoms with Crippen LogP contribution in [0.4, 0.5) is 13.2 Å². The third-order valence-electron chi connectivity index (χ3n) is 5.80. The lowest BCUT2D eigenvalue weighted by Gasteiger charge is -2.26. The average Bonchev–Trinajstić information content (AvgIpc) is 2.81. The van der Waals surface area contributed by atoms with E-state index >= 15 is 0 Å². The van der Waals surface area contributed by atoms with Gasteiger partial charge < -0.3 is 19.8 Å². The number of nitrogens with one attached hydrogen (secondary N) is 2. The number of halogens is 3. The smallest absolute Gasteiger partial charge is 0.497 e. The second-order valence-electron chi connectivity index (χ2n) is 9.14. The van der Waals surface area contributed by atoms with Gasteiger partial charge in [-0.1, -0.05) is 38.1 Å². The number of methoxy groups -OCH3 is 1. The molecule has 0 aliphatic rings. The number of aromatic amines is 1. The fourth-order valence-corrected chi connectivity index (χ4v) is 3.74. The van der Waals surface area contributed by atoms with E-state index in [9.17, 15) is 22.8 Å². The Morgan fingerprint density at radius 2 is 1.58 bits per heavy atom. The van der Waals surface area contributed by atoms with Crippen LogP contribution >= 0.6 is 0 Å². The SMILES string of the molecule is COc1ccc(C(C)(C)c2nc(C(=O)N[C@@H](c3ccc(OC(F)(F)F)cc3)C(C)C)cc(=O)[nH]2)cc1. The number of H-pyrrole nitrogens is 1. The van der Waals surface area contributed by atoms with E-state index in [0.29, 0.717) is 17.1 Å². The number of amides is 1. The largest absolute Gasteiger partial charge is 0.573 e. The Kier molecular flexibility index (Phi) is 7.76. The molecule has 3 rings (SSSR count). The van der Waals surface area contributed by atoms with Crippen LogP contribution in [0.3, 0.4) is 0 Å². The summed E-state index contributed by atoms with van der Waals surface area (Å²) in [5.74, 6) is -0.0635. The topological polar surface area (TPSA) is 93.3 Å². The molecule has 36 heavy (non-hydrogen) atoms. The molecule has 10 heteroatoms. The van der Waals surface area contributed by atoms with E-state index in [1.165, 1.54) is 24.3 Å². The molecule has 7 nitrogen and oxygen atoms in total. The molecular weight excluding hydrogens is 475 g/mol. The normalized spacial score (nSPS) is 12.8. The summed E-state index contributed by atoms with van der Waals surface area (Å²) in [6.45, 7) is 7.45. The lowest BCUT2D eigenvalue weighted by Crippen LogP contribution is -2.34. The Bertz CT molecular complexity index is 1250. The summed E-state index contributed by atoms with van der Waals surface area (Å²) in [5, 5.41) is 2.84. The van der Waals surface area contributed by atoms with E-state index in [2.05, 4.69) is 20.0 Å². The quantitative estimate of drug-likeness (QED) is 0.445. The average molecular weight is 504 g/mol. The molecular formula is C26H28F3N3O4. The van der Waals surface area contributed by atoms with E-state index in [1.807, 2.05) is 39.8 Å². The van der Waals surface area contributed by atoms with Crippen LogP contribution in [0.15, 0.2) is 59.4 Å². The Morgan fingerprint density at radius 3 is 2.11 bits per heavy atom. The van der Waals surface area contributed by atoms with E-state index in [4.69, 9.17) is 4.74 Å². The number of carbonyl (C=O) groups is 1. The molecule has 192 valence electrons. The van der Waals surface area contributed by atoms with Crippen LogP contribution in [0.5, 0.6) is 11.5 Å². The van der Waals surface area contributed by atoms with Gasteiger partial charge in [-0.3, -0.25) is 9.59 Å². The van der Waals surface area contributed by atoms with Gasteiger partial charge in [0.25, 0.3) is 11.5 Å². The molecule has 2 aromatic carbocycles. The zero-order chi connectivity index (χ0) is 26.7. The highest BCUT2D eigenvalue weighted by atomic mass is 19.4. The Labute approximate surface area is 206 Å². The predicted molar refractivity (Wildman–Crippen MR) is 128 cm³/mol. The van der Waals surface area contributed by atoms with Crippen molar-refractivity contribution in [3.63, 3.8) is 0 Å². The molecule has 1 heterocycles. The molecule has 0 radical (unpaired) electrons. The van der Waals surface area contributed by atoms with Gasteiger partial charge in [0.2, 0.25) is 0 Å². The molecule has 0 unspecified atom stereocenters. The summed E-state index contributed by atoms with van der Waals surface area (Å²) in [7, 11) is 1.57. The molecule has 0 aliphatic heterocycles. The van der Waals surface area contributed by atoms with Crippen LogP contribution in [0.2, 0.25) is 0 Å². The van der Waals surface area contributed by atoms with Crippen molar-refractivity contribution in [1.29, 1.82) is 0 Å². The molecule has 0 aliphatic carbocycles. The molecule has 0 bridgehead atoms. The van der Waals surface area contributed by atoms with Gasteiger partial charge in [-0.15, -0.1) is 13.2 Å². The van der Waals surface area contributed by atoms with Crippen molar-refractivity contribution in [1.82, 2.24) is 15.3 Å². The van der Waals surface area contributed by atoms with Crippen molar-refractivity contribution in [2.45, 2.75) is 45.5 Å². The van der Waals surface area contributed by atoms with Crippen molar-refractivity contribution in [2.75, 3.05) is 7.11 Å². The summed E-state index contributed by atoms with van der Waals surface area (Å²) in [4.78, 5) is 32.7. The van der Waals surface area contributed by atoms with Gasteiger partial charge in [-0.05, 0) is 55.2 Å². The van der Waals surface area contributed by atoms with Gasteiger partial charge in [-0.2, -0.15) is 0 Å². The second-order valence-corrected chi connectivity index (χ2v) is 9.14. The van der Waals surface area contributed by atoms with Gasteiger partial charge in [0, 0.05) is 11.5 Å². The molecule has 1 atom stereocenters. The molecule has 0 spiro atoms. The van der Waals surface area contributed by atoms with E-state index in [-0.39, 0.29) is 17.4 Å². The highest BCUT2D eigenvalue weighted by Gasteiger charge is 2.31. The lowest BCUT2D eigenvalue weighted by molar-refractivity contribution is -0.274. The maximum Gasteiger partial charge on any atom is 0.573 e. The van der Waals surface area contributed by atoms with Crippen molar-refractivity contribution >= 4 is 5.91 Å². The van der Waals surface area contributed by atoms with Crippen LogP contribution in [-0.4, -0.2) is 29.3 Å². The number of rotatable bonds is 8. The first-order valence-corrected chi connectivity index (χ1v) is 11.2. The first-order valence-electron chi connectivity index (χ1n) is 11.2. The first-order chi connectivity index (χ1) is 16.8. The zero-order valence-electron chi connectivity index (χ0n) is 20.6. The minimum Gasteiger partial charge on any atom is -0.497 e. The summed E-state index contributed by atoms with van der Waals surface area (Å²) < 4.78 is 46.5. The Morgan fingerprint density at radius 1 is 1.00 bits per heavy atom. The maximum atomic E-state index is 13.1. The van der Waals surface area contributed by atoms with Gasteiger partial charge in [-0.25, -0.2) is 4.98 Å². The van der Waals surface area contributed by atoms with Gasteiger partial charge in [0.1, 0.15) is 23.0 Å². The van der Waals surface area contributed by atoms with Crippen molar-refractivity contribution in [2.24, 2.45) is 5.92 Å². The van der Waals surface area contributed by atoms with Crippen molar-refractivity contribution < 1.29 is 27.4 Å². The van der Waals surface area contributed by atoms with Gasteiger partial charge in [0.05, 0.1) is 13.2 Å². The lowest BCUT2D eigenvalue weighted by atomic mass is 9.83. The summed E-state index contributed by atoms with van der Waals surface area (Å²) >= 11 is 0. The third kappa shape index (κ3) is 6.44. The number of nitrogens with zero attached hydrogens (tertiary/aromatic N) is 1. The highest BCUT2D eigenvalue weighted by Crippen LogP contribution is 2.30.